The van der Waals surface area contributed by atoms with E-state index in [1.807, 2.05) is 27.7 Å². The molecule has 120 valence electrons. The third-order valence-corrected chi connectivity index (χ3v) is 4.16. The van der Waals surface area contributed by atoms with Crippen LogP contribution in [-0.4, -0.2) is 18.3 Å². The summed E-state index contributed by atoms with van der Waals surface area (Å²) in [7, 11) is -1.12. The van der Waals surface area contributed by atoms with Crippen molar-refractivity contribution in [2.24, 2.45) is 0 Å². The van der Waals surface area contributed by atoms with Crippen LogP contribution in [0.2, 0.25) is 0 Å². The Labute approximate surface area is 129 Å². The van der Waals surface area contributed by atoms with Crippen molar-refractivity contribution in [3.63, 3.8) is 0 Å². The van der Waals surface area contributed by atoms with Gasteiger partial charge in [0.05, 0.1) is 11.2 Å². The van der Waals surface area contributed by atoms with Gasteiger partial charge < -0.3 is 9.31 Å². The molecule has 2 nitrogen and oxygen atoms in total. The van der Waals surface area contributed by atoms with E-state index in [1.165, 1.54) is 18.2 Å². The van der Waals surface area contributed by atoms with Gasteiger partial charge in [0.25, 0.3) is 6.43 Å². The molecule has 0 aromatic heterocycles. The van der Waals surface area contributed by atoms with Crippen LogP contribution in [0.5, 0.6) is 0 Å². The molecule has 0 atom stereocenters. The number of aryl methyl sites for hydroxylation is 1. The lowest BCUT2D eigenvalue weighted by Gasteiger charge is -2.32. The molecular weight excluding hydrogens is 292 g/mol. The molecule has 0 N–H and O–H groups in total. The Morgan fingerprint density at radius 1 is 1.09 bits per heavy atom. The molecule has 0 radical (unpaired) electrons. The van der Waals surface area contributed by atoms with E-state index in [-0.39, 0.29) is 5.56 Å². The number of hydrogen-bond acceptors (Lipinski definition) is 2. The number of hydrogen-bond donors (Lipinski definition) is 0. The zero-order valence-electron chi connectivity index (χ0n) is 13.4. The number of rotatable bonds is 3. The van der Waals surface area contributed by atoms with Crippen LogP contribution < -0.4 is 0 Å². The van der Waals surface area contributed by atoms with Gasteiger partial charge in [0.15, 0.2) is 0 Å². The first-order valence-electron chi connectivity index (χ1n) is 7.14. The van der Waals surface area contributed by atoms with Crippen LogP contribution in [0.4, 0.5) is 13.2 Å². The van der Waals surface area contributed by atoms with Crippen molar-refractivity contribution in [2.75, 3.05) is 0 Å². The largest absolute Gasteiger partial charge is 0.525 e. The van der Waals surface area contributed by atoms with Crippen molar-refractivity contribution < 1.29 is 22.5 Å². The van der Waals surface area contributed by atoms with Gasteiger partial charge in [0, 0.05) is 5.56 Å². The number of benzene rings is 1. The molecule has 1 heterocycles. The summed E-state index contributed by atoms with van der Waals surface area (Å²) in [5.41, 5.74) is -1.06. The second-order valence-corrected chi connectivity index (χ2v) is 6.60. The van der Waals surface area contributed by atoms with Crippen molar-refractivity contribution in [1.29, 1.82) is 0 Å². The molecule has 0 unspecified atom stereocenters. The fraction of sp³-hybridized carbons (Fsp3) is 0.500. The summed E-state index contributed by atoms with van der Waals surface area (Å²) in [4.78, 5) is 0. The van der Waals surface area contributed by atoms with Crippen molar-refractivity contribution in [3.8, 4) is 0 Å². The molecule has 1 aromatic rings. The van der Waals surface area contributed by atoms with Gasteiger partial charge in [0.2, 0.25) is 0 Å². The molecular formula is C16H20BF3O2. The standard InChI is InChI=1S/C16H20BF3O2/c1-10-6-11(8-12(7-10)14(19)20)9-13(18)17-21-15(2,3)16(4,5)22-17/h6-9,14H,1-5H3. The normalized spacial score (nSPS) is 20.8. The van der Waals surface area contributed by atoms with E-state index < -0.39 is 30.5 Å². The molecule has 1 saturated heterocycles. The molecule has 0 spiro atoms. The second-order valence-electron chi connectivity index (χ2n) is 6.60. The van der Waals surface area contributed by atoms with E-state index in [9.17, 15) is 13.2 Å². The van der Waals surface area contributed by atoms with E-state index in [4.69, 9.17) is 9.31 Å². The van der Waals surface area contributed by atoms with Crippen molar-refractivity contribution in [1.82, 2.24) is 0 Å². The maximum atomic E-state index is 14.4. The molecule has 0 saturated carbocycles. The average molecular weight is 312 g/mol. The van der Waals surface area contributed by atoms with Crippen LogP contribution in [0.1, 0.15) is 50.8 Å². The summed E-state index contributed by atoms with van der Waals surface area (Å²) in [5, 5.41) is 0. The number of alkyl halides is 2. The van der Waals surface area contributed by atoms with Gasteiger partial charge in [-0.2, -0.15) is 0 Å². The van der Waals surface area contributed by atoms with Crippen molar-refractivity contribution in [2.45, 2.75) is 52.2 Å². The van der Waals surface area contributed by atoms with Crippen LogP contribution in [-0.2, 0) is 9.31 Å². The summed E-state index contributed by atoms with van der Waals surface area (Å²) in [6.45, 7) is 8.98. The van der Waals surface area contributed by atoms with E-state index in [0.29, 0.717) is 11.1 Å². The molecule has 2 rings (SSSR count). The monoisotopic (exact) mass is 312 g/mol. The maximum Gasteiger partial charge on any atom is 0.525 e. The molecule has 22 heavy (non-hydrogen) atoms. The highest BCUT2D eigenvalue weighted by Gasteiger charge is 2.53. The molecule has 0 amide bonds. The summed E-state index contributed by atoms with van der Waals surface area (Å²) in [5.74, 6) is 0. The van der Waals surface area contributed by atoms with Crippen LogP contribution in [0.25, 0.3) is 6.08 Å². The predicted molar refractivity (Wildman–Crippen MR) is 81.3 cm³/mol. The van der Waals surface area contributed by atoms with Crippen LogP contribution in [0.3, 0.4) is 0 Å². The Bertz CT molecular complexity index is 581. The number of halogens is 3. The van der Waals surface area contributed by atoms with E-state index in [1.54, 1.807) is 13.0 Å². The third kappa shape index (κ3) is 3.38. The SMILES string of the molecule is Cc1cc(C=C(F)B2OC(C)(C)C(C)(C)O2)cc(C(F)F)c1. The minimum atomic E-state index is -2.59. The molecule has 1 aromatic carbocycles. The Morgan fingerprint density at radius 3 is 2.14 bits per heavy atom. The van der Waals surface area contributed by atoms with E-state index >= 15 is 0 Å². The molecule has 0 aliphatic carbocycles. The second kappa shape index (κ2) is 5.74. The molecule has 1 fully saturated rings. The third-order valence-electron chi connectivity index (χ3n) is 4.16. The first-order valence-corrected chi connectivity index (χ1v) is 7.14. The highest BCUT2D eigenvalue weighted by atomic mass is 19.3. The topological polar surface area (TPSA) is 18.5 Å². The Kier molecular flexibility index (Phi) is 4.46. The molecule has 1 aliphatic heterocycles. The molecule has 1 aliphatic rings. The fourth-order valence-electron chi connectivity index (χ4n) is 2.24. The lowest BCUT2D eigenvalue weighted by Crippen LogP contribution is -2.41. The van der Waals surface area contributed by atoms with Gasteiger partial charge in [-0.1, -0.05) is 17.7 Å². The predicted octanol–water partition coefficient (Wildman–Crippen LogP) is 4.87. The summed E-state index contributed by atoms with van der Waals surface area (Å²) < 4.78 is 51.2. The first kappa shape index (κ1) is 17.1. The Balaban J connectivity index is 2.27. The Hall–Kier alpha value is -1.27. The lowest BCUT2D eigenvalue weighted by molar-refractivity contribution is 0.00578. The minimum Gasteiger partial charge on any atom is -0.398 e. The van der Waals surface area contributed by atoms with Crippen LogP contribution in [0.15, 0.2) is 23.9 Å². The summed E-state index contributed by atoms with van der Waals surface area (Å²) in [6.07, 6.45) is -1.41. The average Bonchev–Trinajstić information content (AvgIpc) is 2.57. The van der Waals surface area contributed by atoms with E-state index in [0.717, 1.165) is 0 Å². The maximum absolute atomic E-state index is 14.4. The highest BCUT2D eigenvalue weighted by Crippen LogP contribution is 2.39. The summed E-state index contributed by atoms with van der Waals surface area (Å²) in [6, 6.07) is 4.29. The van der Waals surface area contributed by atoms with Gasteiger partial charge in [0.1, 0.15) is 5.73 Å². The molecule has 6 heteroatoms. The van der Waals surface area contributed by atoms with E-state index in [2.05, 4.69) is 0 Å². The van der Waals surface area contributed by atoms with Gasteiger partial charge in [-0.3, -0.25) is 0 Å². The lowest BCUT2D eigenvalue weighted by atomic mass is 9.86. The van der Waals surface area contributed by atoms with Gasteiger partial charge in [-0.05, 0) is 52.3 Å². The highest BCUT2D eigenvalue weighted by molar-refractivity contribution is 6.54. The first-order chi connectivity index (χ1) is 10.0. The zero-order valence-corrected chi connectivity index (χ0v) is 13.4. The van der Waals surface area contributed by atoms with Crippen LogP contribution in [0, 0.1) is 6.92 Å². The fourth-order valence-corrected chi connectivity index (χ4v) is 2.24. The van der Waals surface area contributed by atoms with Gasteiger partial charge >= 0.3 is 7.12 Å². The minimum absolute atomic E-state index is 0.132. The Morgan fingerprint density at radius 2 is 1.64 bits per heavy atom. The van der Waals surface area contributed by atoms with Crippen molar-refractivity contribution in [3.05, 3.63) is 40.6 Å². The van der Waals surface area contributed by atoms with Gasteiger partial charge in [-0.15, -0.1) is 0 Å². The smallest absolute Gasteiger partial charge is 0.398 e. The summed E-state index contributed by atoms with van der Waals surface area (Å²) >= 11 is 0. The van der Waals surface area contributed by atoms with Crippen LogP contribution >= 0.6 is 0 Å². The molecule has 0 bridgehead atoms. The quantitative estimate of drug-likeness (QED) is 0.741. The van der Waals surface area contributed by atoms with Gasteiger partial charge in [-0.25, -0.2) is 13.2 Å². The van der Waals surface area contributed by atoms with Crippen molar-refractivity contribution >= 4 is 13.2 Å². The zero-order chi connectivity index (χ0) is 16.7.